The summed E-state index contributed by atoms with van der Waals surface area (Å²) in [6.45, 7) is 2.66. The molecule has 0 spiro atoms. The lowest BCUT2D eigenvalue weighted by atomic mass is 10.2. The number of halogens is 2. The fourth-order valence-corrected chi connectivity index (χ4v) is 3.34. The van der Waals surface area contributed by atoms with Gasteiger partial charge in [0.2, 0.25) is 5.28 Å². The molecule has 0 bridgehead atoms. The van der Waals surface area contributed by atoms with Crippen molar-refractivity contribution in [3.8, 4) is 0 Å². The van der Waals surface area contributed by atoms with Crippen LogP contribution in [0.1, 0.15) is 18.9 Å². The van der Waals surface area contributed by atoms with Crippen LogP contribution in [0.3, 0.4) is 0 Å². The van der Waals surface area contributed by atoms with Gasteiger partial charge in [0.15, 0.2) is 11.2 Å². The Bertz CT molecular complexity index is 1030. The van der Waals surface area contributed by atoms with Gasteiger partial charge in [0.05, 0.1) is 6.54 Å². The van der Waals surface area contributed by atoms with Gasteiger partial charge in [-0.05, 0) is 29.7 Å². The highest BCUT2D eigenvalue weighted by molar-refractivity contribution is 9.10. The second-order valence-electron chi connectivity index (χ2n) is 5.53. The Morgan fingerprint density at radius 3 is 2.58 bits per heavy atom. The third-order valence-corrected chi connectivity index (χ3v) is 4.98. The van der Waals surface area contributed by atoms with Crippen molar-refractivity contribution in [2.75, 3.05) is 0 Å². The summed E-state index contributed by atoms with van der Waals surface area (Å²) in [5, 5.41) is 0.183. The van der Waals surface area contributed by atoms with E-state index in [1.807, 2.05) is 31.2 Å². The van der Waals surface area contributed by atoms with Crippen molar-refractivity contribution in [3.05, 3.63) is 60.4 Å². The van der Waals surface area contributed by atoms with Crippen LogP contribution in [0.2, 0.25) is 5.28 Å². The molecule has 2 heterocycles. The van der Waals surface area contributed by atoms with E-state index in [0.717, 1.165) is 10.0 Å². The van der Waals surface area contributed by atoms with Crippen molar-refractivity contribution in [2.24, 2.45) is 7.05 Å². The minimum atomic E-state index is -0.378. The topological polar surface area (TPSA) is 61.8 Å². The largest absolute Gasteiger partial charge is 0.332 e. The van der Waals surface area contributed by atoms with Crippen molar-refractivity contribution < 1.29 is 0 Å². The molecule has 3 rings (SSSR count). The van der Waals surface area contributed by atoms with Crippen LogP contribution in [-0.2, 0) is 20.1 Å². The van der Waals surface area contributed by atoms with E-state index in [4.69, 9.17) is 11.6 Å². The van der Waals surface area contributed by atoms with E-state index in [1.165, 1.54) is 9.13 Å². The van der Waals surface area contributed by atoms with E-state index >= 15 is 0 Å². The summed E-state index contributed by atoms with van der Waals surface area (Å²) in [6.07, 6.45) is 0.687. The zero-order valence-corrected chi connectivity index (χ0v) is 15.6. The molecule has 2 aromatic heterocycles. The van der Waals surface area contributed by atoms with Crippen LogP contribution in [0.15, 0.2) is 38.3 Å². The molecular weight excluding hydrogens is 396 g/mol. The Kier molecular flexibility index (Phi) is 4.64. The van der Waals surface area contributed by atoms with E-state index in [-0.39, 0.29) is 16.5 Å². The Morgan fingerprint density at radius 1 is 1.21 bits per heavy atom. The van der Waals surface area contributed by atoms with Crippen LogP contribution < -0.4 is 11.2 Å². The fourth-order valence-electron chi connectivity index (χ4n) is 2.71. The third-order valence-electron chi connectivity index (χ3n) is 3.92. The lowest BCUT2D eigenvalue weighted by Crippen LogP contribution is -2.39. The van der Waals surface area contributed by atoms with Gasteiger partial charge in [-0.25, -0.2) is 4.79 Å². The standard InChI is InChI=1S/C16H16BrClN4O2/c1-3-8-21-14(23)12-13(20(2)16(21)24)19-15(18)22(12)9-10-6-4-5-7-11(10)17/h4-7H,3,8-9H2,1-2H3. The number of fused-ring (bicyclic) bond motifs is 1. The van der Waals surface area contributed by atoms with E-state index in [1.54, 1.807) is 11.6 Å². The average Bonchev–Trinajstić information content (AvgIpc) is 2.89. The van der Waals surface area contributed by atoms with Crippen molar-refractivity contribution >= 4 is 38.7 Å². The van der Waals surface area contributed by atoms with Crippen LogP contribution in [0.4, 0.5) is 0 Å². The number of rotatable bonds is 4. The minimum Gasteiger partial charge on any atom is -0.304 e. The number of hydrogen-bond donors (Lipinski definition) is 0. The van der Waals surface area contributed by atoms with E-state index in [9.17, 15) is 9.59 Å². The molecule has 0 amide bonds. The number of benzene rings is 1. The Hall–Kier alpha value is -1.86. The molecule has 126 valence electrons. The first-order valence-electron chi connectivity index (χ1n) is 7.54. The molecule has 0 N–H and O–H groups in total. The van der Waals surface area contributed by atoms with Crippen molar-refractivity contribution in [1.82, 2.24) is 18.7 Å². The molecule has 0 fully saturated rings. The van der Waals surface area contributed by atoms with Crippen molar-refractivity contribution in [3.63, 3.8) is 0 Å². The van der Waals surface area contributed by atoms with Crippen molar-refractivity contribution in [1.29, 1.82) is 0 Å². The van der Waals surface area contributed by atoms with Gasteiger partial charge in [-0.15, -0.1) is 0 Å². The lowest BCUT2D eigenvalue weighted by molar-refractivity contribution is 0.590. The van der Waals surface area contributed by atoms with Crippen LogP contribution in [0.5, 0.6) is 0 Å². The molecule has 0 aliphatic carbocycles. The molecular formula is C16H16BrClN4O2. The van der Waals surface area contributed by atoms with Crippen LogP contribution in [-0.4, -0.2) is 18.7 Å². The number of hydrogen-bond acceptors (Lipinski definition) is 3. The summed E-state index contributed by atoms with van der Waals surface area (Å²) in [5.74, 6) is 0. The number of nitrogens with zero attached hydrogens (tertiary/aromatic N) is 4. The maximum Gasteiger partial charge on any atom is 0.332 e. The zero-order chi connectivity index (χ0) is 17.4. The van der Waals surface area contributed by atoms with Gasteiger partial charge in [-0.2, -0.15) is 4.98 Å². The van der Waals surface area contributed by atoms with Crippen LogP contribution in [0, 0.1) is 0 Å². The second kappa shape index (κ2) is 6.57. The molecule has 8 heteroatoms. The maximum atomic E-state index is 12.8. The zero-order valence-electron chi connectivity index (χ0n) is 13.3. The van der Waals surface area contributed by atoms with Crippen LogP contribution >= 0.6 is 27.5 Å². The number of imidazole rings is 1. The quantitative estimate of drug-likeness (QED) is 0.620. The summed E-state index contributed by atoms with van der Waals surface area (Å²) < 4.78 is 5.16. The van der Waals surface area contributed by atoms with Crippen molar-refractivity contribution in [2.45, 2.75) is 26.4 Å². The smallest absolute Gasteiger partial charge is 0.304 e. The first-order chi connectivity index (χ1) is 11.5. The molecule has 0 saturated carbocycles. The predicted octanol–water partition coefficient (Wildman–Crippen LogP) is 2.77. The SMILES string of the molecule is CCCn1c(=O)c2c(nc(Cl)n2Cc2ccccc2Br)n(C)c1=O. The molecule has 0 aliphatic rings. The van der Waals surface area contributed by atoms with Gasteiger partial charge in [0.25, 0.3) is 5.56 Å². The maximum absolute atomic E-state index is 12.8. The molecule has 3 aromatic rings. The molecule has 24 heavy (non-hydrogen) atoms. The molecule has 0 unspecified atom stereocenters. The summed E-state index contributed by atoms with van der Waals surface area (Å²) in [6, 6.07) is 7.70. The predicted molar refractivity (Wildman–Crippen MR) is 97.8 cm³/mol. The van der Waals surface area contributed by atoms with Gasteiger partial charge in [0, 0.05) is 18.1 Å². The summed E-state index contributed by atoms with van der Waals surface area (Å²) >= 11 is 9.77. The van der Waals surface area contributed by atoms with Gasteiger partial charge in [-0.3, -0.25) is 13.9 Å². The van der Waals surface area contributed by atoms with Gasteiger partial charge in [0.1, 0.15) is 0 Å². The normalized spacial score (nSPS) is 11.3. The first-order valence-corrected chi connectivity index (χ1v) is 8.71. The summed E-state index contributed by atoms with van der Waals surface area (Å²) in [4.78, 5) is 29.4. The molecule has 1 aromatic carbocycles. The molecule has 0 saturated heterocycles. The summed E-state index contributed by atoms with van der Waals surface area (Å²) in [7, 11) is 1.60. The van der Waals surface area contributed by atoms with Gasteiger partial charge in [-0.1, -0.05) is 41.1 Å². The molecule has 0 radical (unpaired) electrons. The number of aromatic nitrogens is 4. The first kappa shape index (κ1) is 17.0. The minimum absolute atomic E-state index is 0.183. The van der Waals surface area contributed by atoms with E-state index in [0.29, 0.717) is 30.7 Å². The fraction of sp³-hybridized carbons (Fsp3) is 0.312. The van der Waals surface area contributed by atoms with E-state index in [2.05, 4.69) is 20.9 Å². The second-order valence-corrected chi connectivity index (χ2v) is 6.72. The summed E-state index contributed by atoms with van der Waals surface area (Å²) in [5.41, 5.74) is 0.868. The molecule has 0 atom stereocenters. The van der Waals surface area contributed by atoms with Crippen LogP contribution in [0.25, 0.3) is 11.2 Å². The van der Waals surface area contributed by atoms with Gasteiger partial charge >= 0.3 is 5.69 Å². The van der Waals surface area contributed by atoms with E-state index < -0.39 is 0 Å². The molecule has 0 aliphatic heterocycles. The highest BCUT2D eigenvalue weighted by Crippen LogP contribution is 2.22. The highest BCUT2D eigenvalue weighted by atomic mass is 79.9. The average molecular weight is 412 g/mol. The third kappa shape index (κ3) is 2.71. The Morgan fingerprint density at radius 2 is 1.92 bits per heavy atom. The van der Waals surface area contributed by atoms with Gasteiger partial charge < -0.3 is 4.57 Å². The Balaban J connectivity index is 2.30. The monoisotopic (exact) mass is 410 g/mol. The number of aryl methyl sites for hydroxylation is 1. The highest BCUT2D eigenvalue weighted by Gasteiger charge is 2.19. The lowest BCUT2D eigenvalue weighted by Gasteiger charge is -2.10. The Labute approximate surface area is 151 Å². The molecule has 6 nitrogen and oxygen atoms in total.